The summed E-state index contributed by atoms with van der Waals surface area (Å²) < 4.78 is 4.40. The summed E-state index contributed by atoms with van der Waals surface area (Å²) in [6, 6.07) is 0. The molecule has 0 saturated carbocycles. The smallest absolute Gasteiger partial charge is 0.405 e. The Balaban J connectivity index is 3.50. The molecule has 0 N–H and O–H groups in total. The number of halogens is 2. The van der Waals surface area contributed by atoms with E-state index in [1.165, 1.54) is 0 Å². The lowest BCUT2D eigenvalue weighted by Crippen LogP contribution is -2.13. The molecule has 0 unspecified atom stereocenters. The Morgan fingerprint density at radius 2 is 2.00 bits per heavy atom. The highest BCUT2D eigenvalue weighted by Crippen LogP contribution is 2.11. The van der Waals surface area contributed by atoms with Crippen molar-refractivity contribution in [2.45, 2.75) is 19.4 Å². The third-order valence-corrected chi connectivity index (χ3v) is 1.41. The molecule has 0 radical (unpaired) electrons. The summed E-state index contributed by atoms with van der Waals surface area (Å²) in [6.07, 6.45) is 0. The SMILES string of the molecule is CC(C)[C@H](Cl)OC(=O)Cl. The minimum atomic E-state index is -0.858. The van der Waals surface area contributed by atoms with Crippen molar-refractivity contribution in [3.63, 3.8) is 0 Å². The van der Waals surface area contributed by atoms with Crippen molar-refractivity contribution in [2.24, 2.45) is 5.92 Å². The van der Waals surface area contributed by atoms with Crippen LogP contribution in [0.5, 0.6) is 0 Å². The second-order valence-corrected chi connectivity index (χ2v) is 2.69. The predicted molar refractivity (Wildman–Crippen MR) is 36.8 cm³/mol. The van der Waals surface area contributed by atoms with Crippen LogP contribution in [0.2, 0.25) is 0 Å². The van der Waals surface area contributed by atoms with Gasteiger partial charge in [-0.05, 0) is 0 Å². The highest BCUT2D eigenvalue weighted by molar-refractivity contribution is 6.61. The molecule has 0 rings (SSSR count). The van der Waals surface area contributed by atoms with Crippen LogP contribution < -0.4 is 0 Å². The zero-order chi connectivity index (χ0) is 7.44. The van der Waals surface area contributed by atoms with Gasteiger partial charge in [0.1, 0.15) is 0 Å². The lowest BCUT2D eigenvalue weighted by molar-refractivity contribution is 0.138. The van der Waals surface area contributed by atoms with Crippen LogP contribution in [-0.2, 0) is 4.74 Å². The highest BCUT2D eigenvalue weighted by Gasteiger charge is 2.12. The van der Waals surface area contributed by atoms with Crippen molar-refractivity contribution in [1.29, 1.82) is 0 Å². The van der Waals surface area contributed by atoms with E-state index in [0.29, 0.717) is 0 Å². The first kappa shape index (κ1) is 9.05. The summed E-state index contributed by atoms with van der Waals surface area (Å²) in [5.74, 6) is 0.0920. The summed E-state index contributed by atoms with van der Waals surface area (Å²) in [4.78, 5) is 10.0. The monoisotopic (exact) mass is 170 g/mol. The largest absolute Gasteiger partial charge is 0.434 e. The van der Waals surface area contributed by atoms with Gasteiger partial charge in [0, 0.05) is 17.5 Å². The quantitative estimate of drug-likeness (QED) is 0.471. The number of carbonyl (C=O) groups excluding carboxylic acids is 1. The van der Waals surface area contributed by atoms with E-state index in [4.69, 9.17) is 23.2 Å². The summed E-state index contributed by atoms with van der Waals surface area (Å²) in [7, 11) is 0. The first-order valence-corrected chi connectivity index (χ1v) is 3.35. The second kappa shape index (κ2) is 3.96. The molecule has 4 heteroatoms. The summed E-state index contributed by atoms with van der Waals surface area (Å²) in [5.41, 5.74) is -1.47. The van der Waals surface area contributed by atoms with E-state index in [2.05, 4.69) is 4.74 Å². The van der Waals surface area contributed by atoms with Crippen LogP contribution in [0.4, 0.5) is 4.79 Å². The van der Waals surface area contributed by atoms with Gasteiger partial charge in [0.2, 0.25) is 0 Å². The number of hydrogen-bond donors (Lipinski definition) is 0. The Labute approximate surface area is 64.1 Å². The number of alkyl halides is 1. The average molecular weight is 171 g/mol. The molecule has 54 valence electrons. The third-order valence-electron chi connectivity index (χ3n) is 0.729. The molecule has 0 spiro atoms. The van der Waals surface area contributed by atoms with Gasteiger partial charge in [-0.2, -0.15) is 0 Å². The van der Waals surface area contributed by atoms with Crippen LogP contribution in [0.1, 0.15) is 13.8 Å². The molecule has 0 bridgehead atoms. The molecule has 0 fully saturated rings. The first-order chi connectivity index (χ1) is 4.04. The topological polar surface area (TPSA) is 26.3 Å². The van der Waals surface area contributed by atoms with Crippen LogP contribution in [0.15, 0.2) is 0 Å². The maximum absolute atomic E-state index is 10.0. The molecular formula is C5H8Cl2O2. The van der Waals surface area contributed by atoms with E-state index in [1.54, 1.807) is 0 Å². The predicted octanol–water partition coefficient (Wildman–Crippen LogP) is 2.58. The zero-order valence-corrected chi connectivity index (χ0v) is 6.74. The molecule has 0 aliphatic heterocycles. The minimum absolute atomic E-state index is 0.0920. The van der Waals surface area contributed by atoms with Crippen molar-refractivity contribution in [2.75, 3.05) is 0 Å². The summed E-state index contributed by atoms with van der Waals surface area (Å²) in [5, 5.41) is 0. The molecule has 1 atom stereocenters. The fraction of sp³-hybridized carbons (Fsp3) is 0.800. The van der Waals surface area contributed by atoms with Gasteiger partial charge in [0.05, 0.1) is 0 Å². The molecule has 9 heavy (non-hydrogen) atoms. The molecule has 0 aromatic carbocycles. The van der Waals surface area contributed by atoms with Gasteiger partial charge in [0.25, 0.3) is 0 Å². The number of rotatable bonds is 2. The average Bonchev–Trinajstić information content (AvgIpc) is 1.63. The van der Waals surface area contributed by atoms with Gasteiger partial charge in [-0.1, -0.05) is 25.4 Å². The molecule has 0 aliphatic rings. The van der Waals surface area contributed by atoms with Crippen LogP contribution in [0.3, 0.4) is 0 Å². The van der Waals surface area contributed by atoms with E-state index in [-0.39, 0.29) is 5.92 Å². The fourth-order valence-electron chi connectivity index (χ4n) is 0.225. The Hall–Kier alpha value is 0.0500. The third kappa shape index (κ3) is 4.55. The van der Waals surface area contributed by atoms with Crippen LogP contribution in [0.25, 0.3) is 0 Å². The Morgan fingerprint density at radius 3 is 2.11 bits per heavy atom. The summed E-state index contributed by atoms with van der Waals surface area (Å²) in [6.45, 7) is 3.66. The maximum Gasteiger partial charge on any atom is 0.405 e. The molecule has 0 saturated heterocycles. The fourth-order valence-corrected chi connectivity index (χ4v) is 0.447. The molecule has 0 amide bonds. The minimum Gasteiger partial charge on any atom is -0.434 e. The lowest BCUT2D eigenvalue weighted by Gasteiger charge is -2.10. The second-order valence-electron chi connectivity index (χ2n) is 1.95. The van der Waals surface area contributed by atoms with E-state index >= 15 is 0 Å². The van der Waals surface area contributed by atoms with Crippen LogP contribution in [0, 0.1) is 5.92 Å². The number of carbonyl (C=O) groups is 1. The lowest BCUT2D eigenvalue weighted by atomic mass is 10.2. The van der Waals surface area contributed by atoms with E-state index in [1.807, 2.05) is 13.8 Å². The van der Waals surface area contributed by atoms with Crippen molar-refractivity contribution < 1.29 is 9.53 Å². The molecule has 0 aromatic heterocycles. The van der Waals surface area contributed by atoms with Crippen molar-refractivity contribution in [3.05, 3.63) is 0 Å². The zero-order valence-electron chi connectivity index (χ0n) is 5.23. The van der Waals surface area contributed by atoms with E-state index in [0.717, 1.165) is 0 Å². The maximum atomic E-state index is 10.0. The summed E-state index contributed by atoms with van der Waals surface area (Å²) >= 11 is 10.4. The molecule has 0 aromatic rings. The normalized spacial score (nSPS) is 13.4. The number of ether oxygens (including phenoxy) is 1. The van der Waals surface area contributed by atoms with Crippen LogP contribution >= 0.6 is 23.2 Å². The molecule has 0 heterocycles. The van der Waals surface area contributed by atoms with Gasteiger partial charge in [-0.15, -0.1) is 0 Å². The molecule has 2 nitrogen and oxygen atoms in total. The van der Waals surface area contributed by atoms with E-state index in [9.17, 15) is 4.79 Å². The Bertz CT molecular complexity index is 103. The molecule has 0 aliphatic carbocycles. The van der Waals surface area contributed by atoms with E-state index < -0.39 is 11.0 Å². The van der Waals surface area contributed by atoms with Gasteiger partial charge in [-0.3, -0.25) is 0 Å². The van der Waals surface area contributed by atoms with Gasteiger partial charge >= 0.3 is 5.43 Å². The molecular weight excluding hydrogens is 163 g/mol. The van der Waals surface area contributed by atoms with Gasteiger partial charge in [0.15, 0.2) is 5.56 Å². The Morgan fingerprint density at radius 1 is 1.56 bits per heavy atom. The Kier molecular flexibility index (Phi) is 3.98. The van der Waals surface area contributed by atoms with Crippen molar-refractivity contribution in [1.82, 2.24) is 0 Å². The highest BCUT2D eigenvalue weighted by atomic mass is 35.5. The van der Waals surface area contributed by atoms with Crippen molar-refractivity contribution in [3.8, 4) is 0 Å². The van der Waals surface area contributed by atoms with Crippen LogP contribution in [-0.4, -0.2) is 11.0 Å². The van der Waals surface area contributed by atoms with Gasteiger partial charge < -0.3 is 4.74 Å². The first-order valence-electron chi connectivity index (χ1n) is 2.54. The standard InChI is InChI=1S/C5H8Cl2O2/c1-3(2)4(6)9-5(7)8/h3-4H,1-2H3/t4-/m1/s1. The van der Waals surface area contributed by atoms with Crippen molar-refractivity contribution >= 4 is 28.6 Å². The van der Waals surface area contributed by atoms with Gasteiger partial charge in [-0.25, -0.2) is 4.79 Å². The number of hydrogen-bond acceptors (Lipinski definition) is 2.